The summed E-state index contributed by atoms with van der Waals surface area (Å²) in [5.74, 6) is 0. The molecule has 0 saturated heterocycles. The van der Waals surface area contributed by atoms with Crippen LogP contribution in [-0.2, 0) is 0 Å². The smallest absolute Gasteiger partial charge is 0.0817 e. The molecule has 0 aromatic carbocycles. The van der Waals surface area contributed by atoms with Crippen molar-refractivity contribution in [2.75, 3.05) is 13.6 Å². The largest absolute Gasteiger partial charge is 0.634 e. The second-order valence-corrected chi connectivity index (χ2v) is 3.40. The van der Waals surface area contributed by atoms with Crippen LogP contribution in [-0.4, -0.2) is 13.6 Å². The molecule has 0 amide bonds. The van der Waals surface area contributed by atoms with Crippen LogP contribution in [0.4, 0.5) is 0 Å². The van der Waals surface area contributed by atoms with Crippen LogP contribution in [0.25, 0.3) is 0 Å². The first-order valence-electron chi connectivity index (χ1n) is 3.47. The second-order valence-electron chi connectivity index (χ2n) is 3.40. The van der Waals surface area contributed by atoms with Crippen molar-refractivity contribution in [3.05, 3.63) is 5.21 Å². The van der Waals surface area contributed by atoms with Crippen LogP contribution in [0.15, 0.2) is 0 Å². The lowest BCUT2D eigenvalue weighted by Crippen LogP contribution is -3.05. The van der Waals surface area contributed by atoms with Crippen molar-refractivity contribution in [3.63, 3.8) is 0 Å². The van der Waals surface area contributed by atoms with Crippen LogP contribution in [0, 0.1) is 10.6 Å². The summed E-state index contributed by atoms with van der Waals surface area (Å²) >= 11 is 0. The lowest BCUT2D eigenvalue weighted by Gasteiger charge is -2.28. The summed E-state index contributed by atoms with van der Waals surface area (Å²) < 4.78 is 0. The Bertz CT molecular complexity index is 79.0. The second kappa shape index (κ2) is 3.18. The normalized spacial score (nSPS) is 15.7. The van der Waals surface area contributed by atoms with Crippen LogP contribution in [0.2, 0.25) is 0 Å². The summed E-state index contributed by atoms with van der Waals surface area (Å²) in [6.07, 6.45) is 1.08. The van der Waals surface area contributed by atoms with Crippen LogP contribution in [0.3, 0.4) is 0 Å². The fourth-order valence-electron chi connectivity index (χ4n) is 0.799. The minimum atomic E-state index is 0.214. The molecule has 0 fully saturated rings. The molecule has 0 heterocycles. The highest BCUT2D eigenvalue weighted by Crippen LogP contribution is 2.15. The Hall–Kier alpha value is -0.0800. The standard InChI is InChI=1S/C7H17NO/c1-5-7(2,3)6-8(4)9/h8H,5-6H2,1-4H3. The summed E-state index contributed by atoms with van der Waals surface area (Å²) in [6.45, 7) is 7.06. The van der Waals surface area contributed by atoms with Gasteiger partial charge >= 0.3 is 0 Å². The van der Waals surface area contributed by atoms with Gasteiger partial charge in [-0.05, 0) is 6.42 Å². The lowest BCUT2D eigenvalue weighted by molar-refractivity contribution is -0.833. The van der Waals surface area contributed by atoms with Gasteiger partial charge in [-0.3, -0.25) is 0 Å². The molecule has 0 aliphatic heterocycles. The number of nitrogens with one attached hydrogen (secondary N) is 1. The van der Waals surface area contributed by atoms with E-state index in [1.54, 1.807) is 7.05 Å². The third-order valence-corrected chi connectivity index (χ3v) is 1.68. The molecule has 0 aliphatic carbocycles. The minimum absolute atomic E-state index is 0.214. The molecule has 2 nitrogen and oxygen atoms in total. The molecule has 0 saturated carbocycles. The van der Waals surface area contributed by atoms with Crippen molar-refractivity contribution in [2.24, 2.45) is 5.41 Å². The van der Waals surface area contributed by atoms with Crippen molar-refractivity contribution in [1.29, 1.82) is 0 Å². The quantitative estimate of drug-likeness (QED) is 0.553. The van der Waals surface area contributed by atoms with E-state index < -0.39 is 0 Å². The molecule has 0 radical (unpaired) electrons. The number of rotatable bonds is 3. The number of hydrogen-bond donors (Lipinski definition) is 1. The minimum Gasteiger partial charge on any atom is -0.634 e. The predicted molar refractivity (Wildman–Crippen MR) is 39.2 cm³/mol. The van der Waals surface area contributed by atoms with Crippen LogP contribution >= 0.6 is 0 Å². The van der Waals surface area contributed by atoms with E-state index in [2.05, 4.69) is 20.8 Å². The first-order chi connectivity index (χ1) is 3.98. The van der Waals surface area contributed by atoms with Gasteiger partial charge in [-0.25, -0.2) is 0 Å². The Labute approximate surface area is 57.4 Å². The number of quaternary nitrogens is 1. The molecule has 0 aromatic rings. The molecule has 1 N–H and O–H groups in total. The van der Waals surface area contributed by atoms with Crippen molar-refractivity contribution < 1.29 is 5.06 Å². The summed E-state index contributed by atoms with van der Waals surface area (Å²) in [4.78, 5) is 0. The molecule has 0 rings (SSSR count). The van der Waals surface area contributed by atoms with Crippen LogP contribution < -0.4 is 5.06 Å². The van der Waals surface area contributed by atoms with Crippen LogP contribution in [0.1, 0.15) is 27.2 Å². The molecule has 2 heteroatoms. The van der Waals surface area contributed by atoms with Gasteiger partial charge in [-0.1, -0.05) is 20.8 Å². The van der Waals surface area contributed by atoms with Crippen molar-refractivity contribution >= 4 is 0 Å². The first-order valence-corrected chi connectivity index (χ1v) is 3.47. The van der Waals surface area contributed by atoms with Gasteiger partial charge in [0.25, 0.3) is 0 Å². The third kappa shape index (κ3) is 4.43. The fourth-order valence-corrected chi connectivity index (χ4v) is 0.799. The molecule has 0 spiro atoms. The van der Waals surface area contributed by atoms with E-state index >= 15 is 0 Å². The topological polar surface area (TPSA) is 27.5 Å². The van der Waals surface area contributed by atoms with E-state index in [1.165, 1.54) is 0 Å². The third-order valence-electron chi connectivity index (χ3n) is 1.68. The zero-order chi connectivity index (χ0) is 7.49. The van der Waals surface area contributed by atoms with E-state index in [0.717, 1.165) is 6.42 Å². The lowest BCUT2D eigenvalue weighted by atomic mass is 9.90. The van der Waals surface area contributed by atoms with Crippen molar-refractivity contribution in [1.82, 2.24) is 0 Å². The Morgan fingerprint density at radius 2 is 1.89 bits per heavy atom. The van der Waals surface area contributed by atoms with Gasteiger partial charge in [0.05, 0.1) is 13.6 Å². The maximum absolute atomic E-state index is 10.6. The molecule has 0 aliphatic rings. The van der Waals surface area contributed by atoms with Crippen molar-refractivity contribution in [2.45, 2.75) is 27.2 Å². The molecule has 1 atom stereocenters. The van der Waals surface area contributed by atoms with Gasteiger partial charge in [-0.2, -0.15) is 0 Å². The Morgan fingerprint density at radius 1 is 1.44 bits per heavy atom. The number of hydroxylamine groups is 2. The first kappa shape index (κ1) is 8.92. The molecular weight excluding hydrogens is 114 g/mol. The van der Waals surface area contributed by atoms with E-state index in [-0.39, 0.29) is 5.41 Å². The predicted octanol–water partition coefficient (Wildman–Crippen LogP) is 0.435. The molecule has 0 bridgehead atoms. The average Bonchev–Trinajstić information content (AvgIpc) is 1.63. The Morgan fingerprint density at radius 3 is 2.00 bits per heavy atom. The highest BCUT2D eigenvalue weighted by atomic mass is 16.5. The van der Waals surface area contributed by atoms with Crippen molar-refractivity contribution in [3.8, 4) is 0 Å². The van der Waals surface area contributed by atoms with Gasteiger partial charge in [0, 0.05) is 5.41 Å². The Kier molecular flexibility index (Phi) is 3.15. The molecule has 9 heavy (non-hydrogen) atoms. The average molecular weight is 131 g/mol. The zero-order valence-corrected chi connectivity index (χ0v) is 6.82. The highest BCUT2D eigenvalue weighted by Gasteiger charge is 2.16. The molecule has 1 unspecified atom stereocenters. The summed E-state index contributed by atoms with van der Waals surface area (Å²) in [7, 11) is 1.65. The fraction of sp³-hybridized carbons (Fsp3) is 1.00. The monoisotopic (exact) mass is 131 g/mol. The summed E-state index contributed by atoms with van der Waals surface area (Å²) in [5.41, 5.74) is 0.214. The SMILES string of the molecule is CCC(C)(C)C[NH+](C)[O-]. The van der Waals surface area contributed by atoms with E-state index in [4.69, 9.17) is 0 Å². The highest BCUT2D eigenvalue weighted by molar-refractivity contribution is 4.63. The van der Waals surface area contributed by atoms with Crippen LogP contribution in [0.5, 0.6) is 0 Å². The van der Waals surface area contributed by atoms with Gasteiger partial charge in [0.15, 0.2) is 0 Å². The maximum atomic E-state index is 10.6. The summed E-state index contributed by atoms with van der Waals surface area (Å²) in [6, 6.07) is 0. The molecule has 56 valence electrons. The molecule has 0 aromatic heterocycles. The van der Waals surface area contributed by atoms with E-state index in [9.17, 15) is 5.21 Å². The maximum Gasteiger partial charge on any atom is 0.0817 e. The van der Waals surface area contributed by atoms with Gasteiger partial charge in [-0.15, -0.1) is 0 Å². The van der Waals surface area contributed by atoms with Gasteiger partial charge in [0.1, 0.15) is 0 Å². The molecular formula is C7H17NO. The van der Waals surface area contributed by atoms with E-state index in [0.29, 0.717) is 11.6 Å². The van der Waals surface area contributed by atoms with Gasteiger partial charge < -0.3 is 10.3 Å². The van der Waals surface area contributed by atoms with E-state index in [1.807, 2.05) is 0 Å². The summed E-state index contributed by atoms with van der Waals surface area (Å²) in [5, 5.41) is 10.9. The zero-order valence-electron chi connectivity index (χ0n) is 6.82. The Balaban J connectivity index is 3.58. The number of hydrogen-bond acceptors (Lipinski definition) is 1. The van der Waals surface area contributed by atoms with Gasteiger partial charge in [0.2, 0.25) is 0 Å².